The summed E-state index contributed by atoms with van der Waals surface area (Å²) in [6.07, 6.45) is 17.2. The van der Waals surface area contributed by atoms with Crippen molar-refractivity contribution in [1.29, 1.82) is 0 Å². The molecule has 1 fully saturated rings. The molecule has 0 radical (unpaired) electrons. The van der Waals surface area contributed by atoms with Crippen molar-refractivity contribution in [2.24, 2.45) is 11.8 Å². The lowest BCUT2D eigenvalue weighted by atomic mass is 9.82. The largest absolute Gasteiger partial charge is 0.384 e. The number of amides is 2. The number of hydrogen-bond acceptors (Lipinski definition) is 4. The third-order valence-corrected chi connectivity index (χ3v) is 7.33. The SMILES string of the molecule is O=C1NC(=O)C2C(CCCCCCCNc3c4c(nc5ccccc35)CCCC4)=CC=CC12. The van der Waals surface area contributed by atoms with Gasteiger partial charge >= 0.3 is 0 Å². The summed E-state index contributed by atoms with van der Waals surface area (Å²) < 4.78 is 0. The van der Waals surface area contributed by atoms with E-state index in [1.807, 2.05) is 18.2 Å². The Balaban J connectivity index is 1.07. The van der Waals surface area contributed by atoms with Crippen LogP contribution in [0.25, 0.3) is 10.9 Å². The zero-order valence-electron chi connectivity index (χ0n) is 19.2. The smallest absolute Gasteiger partial charge is 0.234 e. The number of para-hydroxylation sites is 1. The molecule has 0 bridgehead atoms. The van der Waals surface area contributed by atoms with E-state index in [1.165, 1.54) is 48.0 Å². The van der Waals surface area contributed by atoms with Gasteiger partial charge in [-0.3, -0.25) is 19.9 Å². The zero-order valence-corrected chi connectivity index (χ0v) is 19.2. The number of rotatable bonds is 9. The number of unbranched alkanes of at least 4 members (excludes halogenated alkanes) is 4. The van der Waals surface area contributed by atoms with E-state index < -0.39 is 0 Å². The maximum absolute atomic E-state index is 12.1. The van der Waals surface area contributed by atoms with Crippen molar-refractivity contribution in [3.8, 4) is 0 Å². The number of fused-ring (bicyclic) bond motifs is 3. The lowest BCUT2D eigenvalue weighted by Crippen LogP contribution is -2.23. The molecule has 33 heavy (non-hydrogen) atoms. The predicted octanol–water partition coefficient (Wildman–Crippen LogP) is 5.25. The van der Waals surface area contributed by atoms with Gasteiger partial charge in [-0.25, -0.2) is 0 Å². The molecule has 3 aliphatic rings. The summed E-state index contributed by atoms with van der Waals surface area (Å²) in [7, 11) is 0. The molecular weight excluding hydrogens is 410 g/mol. The summed E-state index contributed by atoms with van der Waals surface area (Å²) >= 11 is 0. The first-order valence-electron chi connectivity index (χ1n) is 12.6. The fourth-order valence-corrected chi connectivity index (χ4v) is 5.61. The number of anilines is 1. The van der Waals surface area contributed by atoms with E-state index in [1.54, 1.807) is 0 Å². The van der Waals surface area contributed by atoms with E-state index in [-0.39, 0.29) is 23.7 Å². The molecule has 0 saturated carbocycles. The Morgan fingerprint density at radius 3 is 2.73 bits per heavy atom. The molecule has 2 aromatic rings. The predicted molar refractivity (Wildman–Crippen MR) is 132 cm³/mol. The second-order valence-electron chi connectivity index (χ2n) is 9.56. The quantitative estimate of drug-likeness (QED) is 0.410. The van der Waals surface area contributed by atoms with Crippen molar-refractivity contribution < 1.29 is 9.59 Å². The van der Waals surface area contributed by atoms with E-state index in [4.69, 9.17) is 4.98 Å². The van der Waals surface area contributed by atoms with Crippen molar-refractivity contribution in [1.82, 2.24) is 10.3 Å². The van der Waals surface area contributed by atoms with Crippen LogP contribution in [0.1, 0.15) is 62.6 Å². The summed E-state index contributed by atoms with van der Waals surface area (Å²) in [6.45, 7) is 0.989. The highest BCUT2D eigenvalue weighted by Gasteiger charge is 2.42. The summed E-state index contributed by atoms with van der Waals surface area (Å²) in [5.74, 6) is -0.841. The van der Waals surface area contributed by atoms with Gasteiger partial charge in [0.25, 0.3) is 0 Å². The minimum Gasteiger partial charge on any atom is -0.384 e. The molecule has 1 aromatic carbocycles. The summed E-state index contributed by atoms with van der Waals surface area (Å²) in [6, 6.07) is 8.50. The first-order chi connectivity index (χ1) is 16.2. The van der Waals surface area contributed by atoms with Crippen LogP contribution in [-0.2, 0) is 22.4 Å². The molecule has 1 aliphatic heterocycles. The molecule has 2 amide bonds. The van der Waals surface area contributed by atoms with Crippen LogP contribution < -0.4 is 10.6 Å². The van der Waals surface area contributed by atoms with Gasteiger partial charge in [0, 0.05) is 23.3 Å². The fraction of sp³-hybridized carbons (Fsp3) is 0.464. The molecule has 5 rings (SSSR count). The Bertz CT molecular complexity index is 1120. The number of nitrogens with zero attached hydrogens (tertiary/aromatic N) is 1. The van der Waals surface area contributed by atoms with E-state index >= 15 is 0 Å². The van der Waals surface area contributed by atoms with Gasteiger partial charge in [-0.05, 0) is 56.6 Å². The molecule has 172 valence electrons. The van der Waals surface area contributed by atoms with Gasteiger partial charge in [0.2, 0.25) is 11.8 Å². The molecule has 2 aliphatic carbocycles. The van der Waals surface area contributed by atoms with Crippen molar-refractivity contribution in [2.45, 2.75) is 64.2 Å². The van der Waals surface area contributed by atoms with Crippen LogP contribution in [0.5, 0.6) is 0 Å². The van der Waals surface area contributed by atoms with Crippen LogP contribution in [0.15, 0.2) is 48.1 Å². The van der Waals surface area contributed by atoms with Gasteiger partial charge < -0.3 is 5.32 Å². The number of hydrogen-bond donors (Lipinski definition) is 2. The minimum absolute atomic E-state index is 0.127. The van der Waals surface area contributed by atoms with E-state index in [9.17, 15) is 9.59 Å². The molecule has 2 unspecified atom stereocenters. The van der Waals surface area contributed by atoms with E-state index in [2.05, 4.69) is 34.9 Å². The third kappa shape index (κ3) is 4.59. The second kappa shape index (κ2) is 9.90. The maximum Gasteiger partial charge on any atom is 0.234 e. The highest BCUT2D eigenvalue weighted by atomic mass is 16.2. The van der Waals surface area contributed by atoms with Gasteiger partial charge in [-0.15, -0.1) is 0 Å². The third-order valence-electron chi connectivity index (χ3n) is 7.33. The Labute approximate surface area is 195 Å². The Kier molecular flexibility index (Phi) is 6.56. The Morgan fingerprint density at radius 2 is 1.79 bits per heavy atom. The zero-order chi connectivity index (χ0) is 22.6. The number of aromatic nitrogens is 1. The normalized spacial score (nSPS) is 21.5. The topological polar surface area (TPSA) is 71.1 Å². The van der Waals surface area contributed by atoms with Crippen LogP contribution in [0.3, 0.4) is 0 Å². The number of nitrogens with one attached hydrogen (secondary N) is 2. The van der Waals surface area contributed by atoms with Crippen molar-refractivity contribution in [2.75, 3.05) is 11.9 Å². The average Bonchev–Trinajstić information content (AvgIpc) is 3.14. The monoisotopic (exact) mass is 443 g/mol. The van der Waals surface area contributed by atoms with Crippen molar-refractivity contribution >= 4 is 28.4 Å². The van der Waals surface area contributed by atoms with Crippen LogP contribution >= 0.6 is 0 Å². The Morgan fingerprint density at radius 1 is 0.970 bits per heavy atom. The number of aryl methyl sites for hydroxylation is 1. The Hall–Kier alpha value is -2.95. The lowest BCUT2D eigenvalue weighted by molar-refractivity contribution is -0.125. The minimum atomic E-state index is -0.293. The van der Waals surface area contributed by atoms with Gasteiger partial charge in [-0.1, -0.05) is 61.3 Å². The van der Waals surface area contributed by atoms with Gasteiger partial charge in [0.15, 0.2) is 0 Å². The number of carbonyl (C=O) groups excluding carboxylic acids is 2. The summed E-state index contributed by atoms with van der Waals surface area (Å²) in [4.78, 5) is 28.9. The number of imide groups is 1. The number of benzene rings is 1. The van der Waals surface area contributed by atoms with Crippen LogP contribution in [0.2, 0.25) is 0 Å². The molecule has 5 nitrogen and oxygen atoms in total. The van der Waals surface area contributed by atoms with Crippen molar-refractivity contribution in [3.63, 3.8) is 0 Å². The van der Waals surface area contributed by atoms with Crippen LogP contribution in [0.4, 0.5) is 5.69 Å². The molecule has 0 spiro atoms. The average molecular weight is 444 g/mol. The van der Waals surface area contributed by atoms with Crippen LogP contribution in [-0.4, -0.2) is 23.3 Å². The van der Waals surface area contributed by atoms with Gasteiger partial charge in [0.1, 0.15) is 0 Å². The standard InChI is InChI=1S/C28H33N3O2/c32-27-22-15-10-12-19(25(22)28(33)31-27)11-4-2-1-3-9-18-29-26-20-13-5-7-16-23(20)30-24-17-8-6-14-21(24)26/h5,7,10,12-13,15-16,22,25H,1-4,6,8-9,11,14,17-18H2,(H,29,30)(H,31,32,33). The number of carbonyl (C=O) groups is 2. The molecule has 5 heteroatoms. The fourth-order valence-electron chi connectivity index (χ4n) is 5.61. The lowest BCUT2D eigenvalue weighted by Gasteiger charge is -2.21. The van der Waals surface area contributed by atoms with Gasteiger partial charge in [0.05, 0.1) is 17.4 Å². The molecule has 2 heterocycles. The number of allylic oxidation sites excluding steroid dienone is 2. The highest BCUT2D eigenvalue weighted by molar-refractivity contribution is 6.07. The molecule has 1 saturated heterocycles. The van der Waals surface area contributed by atoms with E-state index in [0.29, 0.717) is 0 Å². The van der Waals surface area contributed by atoms with Crippen LogP contribution in [0, 0.1) is 11.8 Å². The first kappa shape index (κ1) is 21.9. The van der Waals surface area contributed by atoms with E-state index in [0.717, 1.165) is 56.2 Å². The maximum atomic E-state index is 12.1. The summed E-state index contributed by atoms with van der Waals surface area (Å²) in [5, 5.41) is 7.49. The number of pyridine rings is 1. The second-order valence-corrected chi connectivity index (χ2v) is 9.56. The molecule has 1 aromatic heterocycles. The first-order valence-corrected chi connectivity index (χ1v) is 12.6. The highest BCUT2D eigenvalue weighted by Crippen LogP contribution is 2.35. The molecule has 2 atom stereocenters. The molecular formula is C28H33N3O2. The molecule has 2 N–H and O–H groups in total. The van der Waals surface area contributed by atoms with Gasteiger partial charge in [-0.2, -0.15) is 0 Å². The summed E-state index contributed by atoms with van der Waals surface area (Å²) in [5.41, 5.74) is 6.25. The van der Waals surface area contributed by atoms with Crippen molar-refractivity contribution in [3.05, 3.63) is 59.3 Å².